The molecule has 1 aromatic rings. The Balaban J connectivity index is 3.27. The number of nitrogens with zero attached hydrogens (tertiary/aromatic N) is 1. The summed E-state index contributed by atoms with van der Waals surface area (Å²) in [5.74, 6) is 0. The van der Waals surface area contributed by atoms with Gasteiger partial charge < -0.3 is 4.98 Å². The molecule has 1 rings (SSSR count). The summed E-state index contributed by atoms with van der Waals surface area (Å²) >= 11 is 0. The van der Waals surface area contributed by atoms with E-state index in [1.807, 2.05) is 4.98 Å². The van der Waals surface area contributed by atoms with Crippen molar-refractivity contribution in [3.63, 3.8) is 0 Å². The zero-order valence-electron chi connectivity index (χ0n) is 7.47. The number of halogens is 2. The summed E-state index contributed by atoms with van der Waals surface area (Å²) in [5, 5.41) is 8.40. The van der Waals surface area contributed by atoms with Crippen LogP contribution in [0, 0.1) is 18.3 Å². The second-order valence-electron chi connectivity index (χ2n) is 2.85. The SMILES string of the molecule is Cc1cc(C(F)F)[nH]c(=O)c1CC#N. The minimum Gasteiger partial charge on any atom is -0.321 e. The molecule has 14 heavy (non-hydrogen) atoms. The van der Waals surface area contributed by atoms with Gasteiger partial charge in [-0.2, -0.15) is 5.26 Å². The predicted molar refractivity (Wildman–Crippen MR) is 46.1 cm³/mol. The van der Waals surface area contributed by atoms with Crippen molar-refractivity contribution in [3.8, 4) is 6.07 Å². The fraction of sp³-hybridized carbons (Fsp3) is 0.333. The Morgan fingerprint density at radius 3 is 2.71 bits per heavy atom. The number of alkyl halides is 2. The van der Waals surface area contributed by atoms with Gasteiger partial charge in [0.15, 0.2) is 0 Å². The molecule has 0 spiro atoms. The third-order valence-electron chi connectivity index (χ3n) is 1.87. The second-order valence-corrected chi connectivity index (χ2v) is 2.85. The van der Waals surface area contributed by atoms with Crippen LogP contribution in [0.4, 0.5) is 8.78 Å². The molecular formula is C9H8F2N2O. The molecule has 0 bridgehead atoms. The van der Waals surface area contributed by atoms with Crippen LogP contribution in [0.2, 0.25) is 0 Å². The van der Waals surface area contributed by atoms with Gasteiger partial charge in [-0.15, -0.1) is 0 Å². The Morgan fingerprint density at radius 1 is 1.64 bits per heavy atom. The highest BCUT2D eigenvalue weighted by Crippen LogP contribution is 2.16. The highest BCUT2D eigenvalue weighted by atomic mass is 19.3. The van der Waals surface area contributed by atoms with Crippen molar-refractivity contribution in [1.29, 1.82) is 5.26 Å². The monoisotopic (exact) mass is 198 g/mol. The number of hydrogen-bond acceptors (Lipinski definition) is 2. The molecule has 0 aliphatic rings. The highest BCUT2D eigenvalue weighted by molar-refractivity contribution is 5.28. The van der Waals surface area contributed by atoms with Crippen LogP contribution in [0.3, 0.4) is 0 Å². The first-order valence-electron chi connectivity index (χ1n) is 3.94. The van der Waals surface area contributed by atoms with Crippen LogP contribution in [0.15, 0.2) is 10.9 Å². The fourth-order valence-corrected chi connectivity index (χ4v) is 1.16. The highest BCUT2D eigenvalue weighted by Gasteiger charge is 2.12. The maximum atomic E-state index is 12.2. The molecular weight excluding hydrogens is 190 g/mol. The van der Waals surface area contributed by atoms with Gasteiger partial charge in [-0.3, -0.25) is 4.79 Å². The molecule has 0 aromatic carbocycles. The van der Waals surface area contributed by atoms with Crippen LogP contribution in [-0.2, 0) is 6.42 Å². The summed E-state index contributed by atoms with van der Waals surface area (Å²) in [5.41, 5.74) is -0.349. The topological polar surface area (TPSA) is 56.6 Å². The zero-order chi connectivity index (χ0) is 10.7. The van der Waals surface area contributed by atoms with E-state index in [1.54, 1.807) is 6.07 Å². The van der Waals surface area contributed by atoms with Crippen molar-refractivity contribution in [2.45, 2.75) is 19.8 Å². The molecule has 0 fully saturated rings. The summed E-state index contributed by atoms with van der Waals surface area (Å²) < 4.78 is 24.4. The lowest BCUT2D eigenvalue weighted by atomic mass is 10.1. The summed E-state index contributed by atoms with van der Waals surface area (Å²) in [6.07, 6.45) is -2.76. The van der Waals surface area contributed by atoms with Crippen LogP contribution in [0.25, 0.3) is 0 Å². The van der Waals surface area contributed by atoms with Crippen LogP contribution in [0.1, 0.15) is 23.2 Å². The number of nitrogens with one attached hydrogen (secondary N) is 1. The molecule has 0 radical (unpaired) electrons. The zero-order valence-corrected chi connectivity index (χ0v) is 7.47. The van der Waals surface area contributed by atoms with Crippen LogP contribution < -0.4 is 5.56 Å². The van der Waals surface area contributed by atoms with Gasteiger partial charge in [-0.25, -0.2) is 8.78 Å². The summed E-state index contributed by atoms with van der Waals surface area (Å²) in [6.45, 7) is 1.54. The van der Waals surface area contributed by atoms with Gasteiger partial charge in [0, 0.05) is 5.56 Å². The van der Waals surface area contributed by atoms with E-state index in [1.165, 1.54) is 13.0 Å². The van der Waals surface area contributed by atoms with Crippen molar-refractivity contribution in [3.05, 3.63) is 33.2 Å². The standard InChI is InChI=1S/C9H8F2N2O/c1-5-4-7(8(10)11)13-9(14)6(5)2-3-12/h4,8H,2H2,1H3,(H,13,14). The molecule has 3 nitrogen and oxygen atoms in total. The molecule has 0 saturated carbocycles. The van der Waals surface area contributed by atoms with Crippen LogP contribution >= 0.6 is 0 Å². The third-order valence-corrected chi connectivity index (χ3v) is 1.87. The molecule has 1 heterocycles. The maximum Gasteiger partial charge on any atom is 0.278 e. The first-order valence-corrected chi connectivity index (χ1v) is 3.94. The third kappa shape index (κ3) is 1.96. The lowest BCUT2D eigenvalue weighted by Crippen LogP contribution is -2.16. The number of pyridine rings is 1. The number of nitriles is 1. The average Bonchev–Trinajstić information content (AvgIpc) is 2.10. The largest absolute Gasteiger partial charge is 0.321 e. The van der Waals surface area contributed by atoms with E-state index in [9.17, 15) is 13.6 Å². The number of aryl methyl sites for hydroxylation is 1. The number of H-pyrrole nitrogens is 1. The van der Waals surface area contributed by atoms with E-state index in [0.717, 1.165) is 0 Å². The minimum absolute atomic E-state index is 0.0648. The van der Waals surface area contributed by atoms with E-state index in [4.69, 9.17) is 5.26 Å². The Labute approximate surface area is 79.0 Å². The van der Waals surface area contributed by atoms with Gasteiger partial charge in [0.2, 0.25) is 0 Å². The van der Waals surface area contributed by atoms with E-state index in [2.05, 4.69) is 0 Å². The molecule has 0 amide bonds. The number of rotatable bonds is 2. The van der Waals surface area contributed by atoms with Gasteiger partial charge in [0.05, 0.1) is 18.2 Å². The van der Waals surface area contributed by atoms with Crippen molar-refractivity contribution < 1.29 is 8.78 Å². The van der Waals surface area contributed by atoms with Crippen molar-refractivity contribution in [1.82, 2.24) is 4.98 Å². The minimum atomic E-state index is -2.70. The summed E-state index contributed by atoms with van der Waals surface area (Å²) in [7, 11) is 0. The molecule has 5 heteroatoms. The summed E-state index contributed by atoms with van der Waals surface area (Å²) in [4.78, 5) is 13.3. The molecule has 1 aromatic heterocycles. The Morgan fingerprint density at radius 2 is 2.29 bits per heavy atom. The summed E-state index contributed by atoms with van der Waals surface area (Å²) in [6, 6.07) is 3.00. The van der Waals surface area contributed by atoms with E-state index in [0.29, 0.717) is 5.56 Å². The van der Waals surface area contributed by atoms with Gasteiger partial charge in [0.25, 0.3) is 12.0 Å². The Hall–Kier alpha value is -1.70. The second kappa shape index (κ2) is 4.01. The Bertz CT molecular complexity index is 431. The van der Waals surface area contributed by atoms with Crippen molar-refractivity contribution in [2.75, 3.05) is 0 Å². The first kappa shape index (κ1) is 10.4. The normalized spacial score (nSPS) is 10.2. The fourth-order valence-electron chi connectivity index (χ4n) is 1.16. The van der Waals surface area contributed by atoms with E-state index < -0.39 is 17.7 Å². The molecule has 1 N–H and O–H groups in total. The first-order chi connectivity index (χ1) is 6.56. The van der Waals surface area contributed by atoms with E-state index in [-0.39, 0.29) is 12.0 Å². The maximum absolute atomic E-state index is 12.2. The van der Waals surface area contributed by atoms with Gasteiger partial charge in [-0.1, -0.05) is 0 Å². The average molecular weight is 198 g/mol. The molecule has 0 aliphatic carbocycles. The van der Waals surface area contributed by atoms with Gasteiger partial charge in [0.1, 0.15) is 0 Å². The van der Waals surface area contributed by atoms with Crippen LogP contribution in [-0.4, -0.2) is 4.98 Å². The van der Waals surface area contributed by atoms with Crippen molar-refractivity contribution in [2.24, 2.45) is 0 Å². The number of hydrogen-bond donors (Lipinski definition) is 1. The lowest BCUT2D eigenvalue weighted by Gasteiger charge is -2.04. The van der Waals surface area contributed by atoms with E-state index >= 15 is 0 Å². The smallest absolute Gasteiger partial charge is 0.278 e. The molecule has 0 saturated heterocycles. The van der Waals surface area contributed by atoms with Gasteiger partial charge in [-0.05, 0) is 18.6 Å². The van der Waals surface area contributed by atoms with Crippen LogP contribution in [0.5, 0.6) is 0 Å². The van der Waals surface area contributed by atoms with Gasteiger partial charge >= 0.3 is 0 Å². The number of aromatic amines is 1. The molecule has 0 atom stereocenters. The quantitative estimate of drug-likeness (QED) is 0.786. The predicted octanol–water partition coefficient (Wildman–Crippen LogP) is 1.69. The Kier molecular flexibility index (Phi) is 2.97. The number of aromatic nitrogens is 1. The molecule has 0 aliphatic heterocycles. The lowest BCUT2D eigenvalue weighted by molar-refractivity contribution is 0.145. The molecule has 74 valence electrons. The van der Waals surface area contributed by atoms with Crippen molar-refractivity contribution >= 4 is 0 Å². The molecule has 0 unspecified atom stereocenters.